The summed E-state index contributed by atoms with van der Waals surface area (Å²) in [6.45, 7) is 2.14. The van der Waals surface area contributed by atoms with E-state index >= 15 is 0 Å². The minimum atomic E-state index is 0.160. The zero-order valence-electron chi connectivity index (χ0n) is 8.79. The molecule has 1 saturated heterocycles. The molecule has 2 aliphatic rings. The molecule has 5 heteroatoms. The molecule has 0 spiro atoms. The monoisotopic (exact) mass is 227 g/mol. The summed E-state index contributed by atoms with van der Waals surface area (Å²) in [4.78, 5) is 13.5. The van der Waals surface area contributed by atoms with Crippen LogP contribution in [0.3, 0.4) is 0 Å². The van der Waals surface area contributed by atoms with Crippen LogP contribution < -0.4 is 10.6 Å². The molecule has 0 aromatic heterocycles. The maximum atomic E-state index is 11.6. The number of likely N-dealkylation sites (tertiary alicyclic amines) is 1. The quantitative estimate of drug-likeness (QED) is 0.678. The molecule has 15 heavy (non-hydrogen) atoms. The third kappa shape index (κ3) is 3.34. The third-order valence-electron chi connectivity index (χ3n) is 2.77. The van der Waals surface area contributed by atoms with Gasteiger partial charge in [0.1, 0.15) is 0 Å². The molecule has 84 valence electrons. The highest BCUT2D eigenvalue weighted by molar-refractivity contribution is 7.80. The van der Waals surface area contributed by atoms with Crippen molar-refractivity contribution in [3.05, 3.63) is 0 Å². The smallest absolute Gasteiger partial charge is 0.241 e. The fourth-order valence-corrected chi connectivity index (χ4v) is 1.94. The van der Waals surface area contributed by atoms with Crippen molar-refractivity contribution in [1.29, 1.82) is 0 Å². The van der Waals surface area contributed by atoms with Crippen LogP contribution in [0.5, 0.6) is 0 Å². The van der Waals surface area contributed by atoms with E-state index in [-0.39, 0.29) is 5.91 Å². The lowest BCUT2D eigenvalue weighted by Crippen LogP contribution is -2.43. The lowest BCUT2D eigenvalue weighted by Gasteiger charge is -2.16. The second-order valence-corrected chi connectivity index (χ2v) is 4.60. The maximum Gasteiger partial charge on any atom is 0.241 e. The highest BCUT2D eigenvalue weighted by atomic mass is 32.1. The molecule has 1 amide bonds. The summed E-state index contributed by atoms with van der Waals surface area (Å²) in [5.41, 5.74) is 0. The molecule has 0 aromatic rings. The normalized spacial score (nSPS) is 20.1. The first kappa shape index (κ1) is 10.7. The van der Waals surface area contributed by atoms with Crippen LogP contribution in [-0.4, -0.2) is 41.6 Å². The molecule has 0 unspecified atom stereocenters. The Morgan fingerprint density at radius 1 is 1.33 bits per heavy atom. The van der Waals surface area contributed by atoms with Crippen molar-refractivity contribution in [3.63, 3.8) is 0 Å². The van der Waals surface area contributed by atoms with Crippen molar-refractivity contribution in [2.45, 2.75) is 31.7 Å². The van der Waals surface area contributed by atoms with Crippen molar-refractivity contribution in [3.8, 4) is 0 Å². The van der Waals surface area contributed by atoms with E-state index in [0.29, 0.717) is 17.7 Å². The van der Waals surface area contributed by atoms with Crippen LogP contribution in [-0.2, 0) is 4.79 Å². The van der Waals surface area contributed by atoms with E-state index in [4.69, 9.17) is 12.2 Å². The molecule has 2 N–H and O–H groups in total. The Balaban J connectivity index is 1.62. The molecule has 0 radical (unpaired) electrons. The number of hydrogen-bond donors (Lipinski definition) is 2. The summed E-state index contributed by atoms with van der Waals surface area (Å²) in [5.74, 6) is 0.160. The van der Waals surface area contributed by atoms with Crippen molar-refractivity contribution in [2.75, 3.05) is 19.6 Å². The Morgan fingerprint density at radius 2 is 2.00 bits per heavy atom. The average molecular weight is 227 g/mol. The van der Waals surface area contributed by atoms with Crippen LogP contribution in [0, 0.1) is 0 Å². The van der Waals surface area contributed by atoms with E-state index in [2.05, 4.69) is 10.6 Å². The van der Waals surface area contributed by atoms with Gasteiger partial charge in [-0.3, -0.25) is 4.79 Å². The molecule has 1 aliphatic carbocycles. The van der Waals surface area contributed by atoms with Gasteiger partial charge in [0.25, 0.3) is 0 Å². The molecule has 4 nitrogen and oxygen atoms in total. The van der Waals surface area contributed by atoms with E-state index < -0.39 is 0 Å². The molecule has 0 atom stereocenters. The highest BCUT2D eigenvalue weighted by Gasteiger charge is 2.22. The van der Waals surface area contributed by atoms with Gasteiger partial charge in [-0.15, -0.1) is 0 Å². The first-order valence-electron chi connectivity index (χ1n) is 5.58. The van der Waals surface area contributed by atoms with Gasteiger partial charge in [-0.05, 0) is 37.9 Å². The van der Waals surface area contributed by atoms with Gasteiger partial charge in [0, 0.05) is 19.1 Å². The van der Waals surface area contributed by atoms with E-state index in [0.717, 1.165) is 25.9 Å². The average Bonchev–Trinajstić information content (AvgIpc) is 2.86. The molecule has 1 heterocycles. The molecule has 2 fully saturated rings. The van der Waals surface area contributed by atoms with Gasteiger partial charge in [-0.1, -0.05) is 0 Å². The summed E-state index contributed by atoms with van der Waals surface area (Å²) >= 11 is 5.07. The fourth-order valence-electron chi connectivity index (χ4n) is 1.70. The number of thiocarbonyl (C=S) groups is 1. The zero-order chi connectivity index (χ0) is 10.7. The number of hydrogen-bond acceptors (Lipinski definition) is 2. The van der Waals surface area contributed by atoms with Crippen molar-refractivity contribution < 1.29 is 4.79 Å². The van der Waals surface area contributed by atoms with Crippen molar-refractivity contribution in [1.82, 2.24) is 15.5 Å². The van der Waals surface area contributed by atoms with Crippen LogP contribution in [0.2, 0.25) is 0 Å². The SMILES string of the molecule is O=C(CNC(=S)NC1CC1)N1CCCC1. The number of rotatable bonds is 3. The van der Waals surface area contributed by atoms with Gasteiger partial charge >= 0.3 is 0 Å². The number of nitrogens with zero attached hydrogens (tertiary/aromatic N) is 1. The predicted molar refractivity (Wildman–Crippen MR) is 62.6 cm³/mol. The van der Waals surface area contributed by atoms with Gasteiger partial charge < -0.3 is 15.5 Å². The summed E-state index contributed by atoms with van der Waals surface area (Å²) < 4.78 is 0. The third-order valence-corrected chi connectivity index (χ3v) is 3.03. The van der Waals surface area contributed by atoms with Crippen LogP contribution in [0.4, 0.5) is 0 Å². The first-order chi connectivity index (χ1) is 7.25. The minimum Gasteiger partial charge on any atom is -0.360 e. The van der Waals surface area contributed by atoms with E-state index in [1.165, 1.54) is 12.8 Å². The van der Waals surface area contributed by atoms with Crippen LogP contribution in [0.1, 0.15) is 25.7 Å². The van der Waals surface area contributed by atoms with Gasteiger partial charge in [0.05, 0.1) is 6.54 Å². The highest BCUT2D eigenvalue weighted by Crippen LogP contribution is 2.18. The summed E-state index contributed by atoms with van der Waals surface area (Å²) in [6, 6.07) is 0.548. The largest absolute Gasteiger partial charge is 0.360 e. The van der Waals surface area contributed by atoms with Gasteiger partial charge in [-0.25, -0.2) is 0 Å². The van der Waals surface area contributed by atoms with Gasteiger partial charge in [-0.2, -0.15) is 0 Å². The lowest BCUT2D eigenvalue weighted by molar-refractivity contribution is -0.128. The first-order valence-corrected chi connectivity index (χ1v) is 5.98. The van der Waals surface area contributed by atoms with Crippen molar-refractivity contribution >= 4 is 23.2 Å². The lowest BCUT2D eigenvalue weighted by atomic mass is 10.4. The van der Waals surface area contributed by atoms with Crippen LogP contribution in [0.15, 0.2) is 0 Å². The Labute approximate surface area is 95.4 Å². The predicted octanol–water partition coefficient (Wildman–Crippen LogP) is 0.235. The van der Waals surface area contributed by atoms with Crippen LogP contribution >= 0.6 is 12.2 Å². The molecule has 1 aliphatic heterocycles. The Bertz CT molecular complexity index is 259. The fraction of sp³-hybridized carbons (Fsp3) is 0.800. The van der Waals surface area contributed by atoms with Gasteiger partial charge in [0.15, 0.2) is 5.11 Å². The number of carbonyl (C=O) groups is 1. The van der Waals surface area contributed by atoms with E-state index in [1.54, 1.807) is 0 Å². The van der Waals surface area contributed by atoms with Gasteiger partial charge in [0.2, 0.25) is 5.91 Å². The van der Waals surface area contributed by atoms with Crippen LogP contribution in [0.25, 0.3) is 0 Å². The number of carbonyl (C=O) groups excluding carboxylic acids is 1. The summed E-state index contributed by atoms with van der Waals surface area (Å²) in [6.07, 6.45) is 4.66. The standard InChI is InChI=1S/C10H17N3OS/c14-9(13-5-1-2-6-13)7-11-10(15)12-8-3-4-8/h8H,1-7H2,(H2,11,12,15). The second kappa shape index (κ2) is 4.79. The topological polar surface area (TPSA) is 44.4 Å². The number of nitrogens with one attached hydrogen (secondary N) is 2. The van der Waals surface area contributed by atoms with E-state index in [9.17, 15) is 4.79 Å². The Morgan fingerprint density at radius 3 is 2.60 bits per heavy atom. The molecule has 0 bridgehead atoms. The molecular formula is C10H17N3OS. The number of amides is 1. The van der Waals surface area contributed by atoms with E-state index in [1.807, 2.05) is 4.90 Å². The Hall–Kier alpha value is -0.840. The maximum absolute atomic E-state index is 11.6. The molecular weight excluding hydrogens is 210 g/mol. The minimum absolute atomic E-state index is 0.160. The second-order valence-electron chi connectivity index (χ2n) is 4.19. The Kier molecular flexibility index (Phi) is 3.41. The summed E-state index contributed by atoms with van der Waals surface area (Å²) in [7, 11) is 0. The van der Waals surface area contributed by atoms with Crippen molar-refractivity contribution in [2.24, 2.45) is 0 Å². The summed E-state index contributed by atoms with van der Waals surface area (Å²) in [5, 5.41) is 6.72. The zero-order valence-corrected chi connectivity index (χ0v) is 9.61. The molecule has 1 saturated carbocycles. The molecule has 2 rings (SSSR count). The molecule has 0 aromatic carbocycles.